The molecule has 0 saturated heterocycles. The van der Waals surface area contributed by atoms with Crippen LogP contribution in [0.4, 0.5) is 13.2 Å². The number of alkyl halides is 3. The molecule has 0 atom stereocenters. The number of pyridine rings is 1. The van der Waals surface area contributed by atoms with E-state index in [-0.39, 0.29) is 0 Å². The van der Waals surface area contributed by atoms with Crippen LogP contribution in [0.2, 0.25) is 0 Å². The third-order valence-electron chi connectivity index (χ3n) is 4.45. The Balaban J connectivity index is 0.000000383. The number of hydrogen-bond acceptors (Lipinski definition) is 5. The van der Waals surface area contributed by atoms with Gasteiger partial charge in [-0.1, -0.05) is 12.1 Å². The summed E-state index contributed by atoms with van der Waals surface area (Å²) < 4.78 is 44.3. The minimum Gasteiger partial charge on any atom is -0.491 e. The zero-order valence-corrected chi connectivity index (χ0v) is 17.5. The Morgan fingerprint density at radius 1 is 1.00 bits per heavy atom. The highest BCUT2D eigenvalue weighted by atomic mass is 19.4. The Kier molecular flexibility index (Phi) is 7.62. The maximum Gasteiger partial charge on any atom is 0.490 e. The van der Waals surface area contributed by atoms with Gasteiger partial charge in [0.15, 0.2) is 0 Å². The fourth-order valence-corrected chi connectivity index (χ4v) is 2.84. The van der Waals surface area contributed by atoms with Crippen LogP contribution in [-0.4, -0.2) is 52.3 Å². The lowest BCUT2D eigenvalue weighted by atomic mass is 10.1. The van der Waals surface area contributed by atoms with Crippen molar-refractivity contribution in [2.45, 2.75) is 6.18 Å². The molecular weight excluding hydrogens is 439 g/mol. The molecule has 0 fully saturated rings. The number of carboxylic acid groups (broad SMARTS) is 1. The Hall–Kier alpha value is -3.92. The van der Waals surface area contributed by atoms with Crippen LogP contribution < -0.4 is 4.74 Å². The molecule has 0 aliphatic heterocycles. The first-order valence-electron chi connectivity index (χ1n) is 9.69. The Labute approximate surface area is 187 Å². The SMILES string of the molecule is COCCOc1ccc2cc(-n3cc(-c4ccncc4)cn3)ccc2c1.O=C(O)C(F)(F)F. The molecule has 33 heavy (non-hydrogen) atoms. The van der Waals surface area contributed by atoms with Crippen molar-refractivity contribution in [2.24, 2.45) is 0 Å². The van der Waals surface area contributed by atoms with Crippen molar-refractivity contribution in [3.8, 4) is 22.6 Å². The predicted octanol–water partition coefficient (Wildman–Crippen LogP) is 4.75. The molecule has 172 valence electrons. The van der Waals surface area contributed by atoms with Crippen molar-refractivity contribution in [1.29, 1.82) is 0 Å². The van der Waals surface area contributed by atoms with Crippen molar-refractivity contribution >= 4 is 16.7 Å². The molecule has 2 heterocycles. The third-order valence-corrected chi connectivity index (χ3v) is 4.45. The van der Waals surface area contributed by atoms with E-state index in [0.717, 1.165) is 33.3 Å². The number of methoxy groups -OCH3 is 1. The third kappa shape index (κ3) is 6.53. The van der Waals surface area contributed by atoms with Crippen LogP contribution in [0.25, 0.3) is 27.6 Å². The first-order chi connectivity index (χ1) is 15.8. The Bertz CT molecular complexity index is 1210. The van der Waals surface area contributed by atoms with Gasteiger partial charge in [0.2, 0.25) is 0 Å². The summed E-state index contributed by atoms with van der Waals surface area (Å²) in [6.07, 6.45) is 2.38. The average Bonchev–Trinajstić information content (AvgIpc) is 3.30. The van der Waals surface area contributed by atoms with Crippen LogP contribution in [0.3, 0.4) is 0 Å². The van der Waals surface area contributed by atoms with Gasteiger partial charge in [0.05, 0.1) is 18.5 Å². The Morgan fingerprint density at radius 2 is 1.67 bits per heavy atom. The molecule has 0 radical (unpaired) electrons. The number of rotatable bonds is 6. The molecular formula is C23H20F3N3O4. The van der Waals surface area contributed by atoms with Crippen LogP contribution in [0.5, 0.6) is 5.75 Å². The average molecular weight is 459 g/mol. The quantitative estimate of drug-likeness (QED) is 0.419. The molecule has 0 spiro atoms. The van der Waals surface area contributed by atoms with Gasteiger partial charge in [0, 0.05) is 31.3 Å². The molecule has 1 N–H and O–H groups in total. The smallest absolute Gasteiger partial charge is 0.490 e. The molecule has 4 aromatic rings. The summed E-state index contributed by atoms with van der Waals surface area (Å²) in [7, 11) is 1.67. The highest BCUT2D eigenvalue weighted by Gasteiger charge is 2.38. The number of hydrogen-bond donors (Lipinski definition) is 1. The van der Waals surface area contributed by atoms with E-state index in [2.05, 4.69) is 34.3 Å². The molecule has 2 aromatic carbocycles. The topological polar surface area (TPSA) is 86.5 Å². The summed E-state index contributed by atoms with van der Waals surface area (Å²) in [6, 6.07) is 16.3. The van der Waals surface area contributed by atoms with E-state index in [1.165, 1.54) is 0 Å². The molecule has 0 amide bonds. The summed E-state index contributed by atoms with van der Waals surface area (Å²) in [5, 5.41) is 13.9. The summed E-state index contributed by atoms with van der Waals surface area (Å²) in [5.74, 6) is -1.91. The second kappa shape index (κ2) is 10.6. The van der Waals surface area contributed by atoms with Crippen LogP contribution in [0.1, 0.15) is 0 Å². The Morgan fingerprint density at radius 3 is 2.33 bits per heavy atom. The van der Waals surface area contributed by atoms with Crippen molar-refractivity contribution < 1.29 is 32.5 Å². The highest BCUT2D eigenvalue weighted by Crippen LogP contribution is 2.25. The summed E-state index contributed by atoms with van der Waals surface area (Å²) in [5.41, 5.74) is 3.19. The molecule has 0 aliphatic rings. The lowest BCUT2D eigenvalue weighted by Gasteiger charge is -2.08. The number of aromatic nitrogens is 3. The second-order valence-electron chi connectivity index (χ2n) is 6.75. The van der Waals surface area contributed by atoms with E-state index in [1.54, 1.807) is 19.5 Å². The minimum absolute atomic E-state index is 0.547. The maximum absolute atomic E-state index is 10.6. The van der Waals surface area contributed by atoms with Gasteiger partial charge in [-0.05, 0) is 52.7 Å². The summed E-state index contributed by atoms with van der Waals surface area (Å²) in [4.78, 5) is 13.0. The van der Waals surface area contributed by atoms with E-state index >= 15 is 0 Å². The molecule has 0 saturated carbocycles. The van der Waals surface area contributed by atoms with E-state index in [9.17, 15) is 13.2 Å². The van der Waals surface area contributed by atoms with E-state index in [1.807, 2.05) is 41.3 Å². The lowest BCUT2D eigenvalue weighted by Crippen LogP contribution is -2.21. The molecule has 0 unspecified atom stereocenters. The van der Waals surface area contributed by atoms with E-state index < -0.39 is 12.1 Å². The molecule has 4 rings (SSSR count). The zero-order chi connectivity index (χ0) is 23.8. The number of carbonyl (C=O) groups is 1. The van der Waals surface area contributed by atoms with Crippen molar-refractivity contribution in [1.82, 2.24) is 14.8 Å². The largest absolute Gasteiger partial charge is 0.491 e. The van der Waals surface area contributed by atoms with E-state index in [4.69, 9.17) is 19.4 Å². The van der Waals surface area contributed by atoms with Gasteiger partial charge < -0.3 is 14.6 Å². The number of benzene rings is 2. The van der Waals surface area contributed by atoms with Crippen molar-refractivity contribution in [2.75, 3.05) is 20.3 Å². The van der Waals surface area contributed by atoms with Gasteiger partial charge >= 0.3 is 12.1 Å². The van der Waals surface area contributed by atoms with Gasteiger partial charge in [-0.15, -0.1) is 0 Å². The number of fused-ring (bicyclic) bond motifs is 1. The summed E-state index contributed by atoms with van der Waals surface area (Å²) in [6.45, 7) is 1.13. The number of ether oxygens (including phenoxy) is 2. The number of nitrogens with zero attached hydrogens (tertiary/aromatic N) is 3. The van der Waals surface area contributed by atoms with E-state index in [0.29, 0.717) is 13.2 Å². The number of aliphatic carboxylic acids is 1. The predicted molar refractivity (Wildman–Crippen MR) is 115 cm³/mol. The monoisotopic (exact) mass is 459 g/mol. The first-order valence-corrected chi connectivity index (χ1v) is 9.69. The standard InChI is InChI=1S/C21H19N3O2.C2HF3O2/c1-25-10-11-26-21-5-3-17-12-20(4-2-18(17)13-21)24-15-19(14-23-24)16-6-8-22-9-7-16;3-2(4,5)1(6)7/h2-9,12-15H,10-11H2,1H3;(H,6,7). The highest BCUT2D eigenvalue weighted by molar-refractivity contribution is 5.85. The van der Waals surface area contributed by atoms with Crippen LogP contribution >= 0.6 is 0 Å². The molecule has 10 heteroatoms. The minimum atomic E-state index is -5.08. The van der Waals surface area contributed by atoms with Crippen LogP contribution in [0.15, 0.2) is 73.3 Å². The van der Waals surface area contributed by atoms with Gasteiger partial charge in [0.1, 0.15) is 12.4 Å². The molecule has 0 bridgehead atoms. The maximum atomic E-state index is 10.6. The molecule has 2 aromatic heterocycles. The van der Waals surface area contributed by atoms with Crippen molar-refractivity contribution in [3.05, 3.63) is 73.3 Å². The number of carboxylic acids is 1. The zero-order valence-electron chi connectivity index (χ0n) is 17.5. The van der Waals surface area contributed by atoms with Crippen LogP contribution in [0, 0.1) is 0 Å². The fourth-order valence-electron chi connectivity index (χ4n) is 2.84. The van der Waals surface area contributed by atoms with Gasteiger partial charge in [0.25, 0.3) is 0 Å². The number of halogens is 3. The molecule has 0 aliphatic carbocycles. The van der Waals surface area contributed by atoms with Crippen molar-refractivity contribution in [3.63, 3.8) is 0 Å². The first kappa shape index (κ1) is 23.7. The fraction of sp³-hybridized carbons (Fsp3) is 0.174. The van der Waals surface area contributed by atoms with Crippen LogP contribution in [-0.2, 0) is 9.53 Å². The lowest BCUT2D eigenvalue weighted by molar-refractivity contribution is -0.192. The van der Waals surface area contributed by atoms with Gasteiger partial charge in [-0.2, -0.15) is 18.3 Å². The summed E-state index contributed by atoms with van der Waals surface area (Å²) >= 11 is 0. The van der Waals surface area contributed by atoms with Gasteiger partial charge in [-0.25, -0.2) is 9.48 Å². The van der Waals surface area contributed by atoms with Gasteiger partial charge in [-0.3, -0.25) is 4.98 Å². The normalized spacial score (nSPS) is 11.0. The molecule has 7 nitrogen and oxygen atoms in total. The second-order valence-corrected chi connectivity index (χ2v) is 6.75.